The summed E-state index contributed by atoms with van der Waals surface area (Å²) < 4.78 is 7.23. The molecule has 0 saturated carbocycles. The number of benzene rings is 1. The summed E-state index contributed by atoms with van der Waals surface area (Å²) in [5.74, 6) is 1.02. The molecule has 0 atom stereocenters. The molecule has 0 amide bonds. The molecule has 0 unspecified atom stereocenters. The van der Waals surface area contributed by atoms with E-state index >= 15 is 0 Å². The number of likely N-dealkylation sites (N-methyl/N-ethyl adjacent to an activating group) is 1. The predicted molar refractivity (Wildman–Crippen MR) is 109 cm³/mol. The third-order valence-electron chi connectivity index (χ3n) is 5.30. The summed E-state index contributed by atoms with van der Waals surface area (Å²) >= 11 is 0. The topological polar surface area (TPSA) is 75.6 Å². The molecule has 1 fully saturated rings. The molecular weight excluding hydrogens is 366 g/mol. The van der Waals surface area contributed by atoms with Crippen LogP contribution in [0.25, 0.3) is 28.5 Å². The second kappa shape index (κ2) is 7.38. The molecule has 0 bridgehead atoms. The highest BCUT2D eigenvalue weighted by Crippen LogP contribution is 2.23. The van der Waals surface area contributed by atoms with Gasteiger partial charge in [0.1, 0.15) is 0 Å². The molecule has 148 valence electrons. The van der Waals surface area contributed by atoms with E-state index < -0.39 is 0 Å². The van der Waals surface area contributed by atoms with Crippen LogP contribution in [0.15, 0.2) is 47.2 Å². The maximum atomic E-state index is 5.50. The van der Waals surface area contributed by atoms with Crippen LogP contribution in [0, 0.1) is 6.92 Å². The number of piperazine rings is 1. The molecule has 0 aliphatic carbocycles. The fourth-order valence-electron chi connectivity index (χ4n) is 3.64. The highest BCUT2D eigenvalue weighted by atomic mass is 16.5. The lowest BCUT2D eigenvalue weighted by Gasteiger charge is -2.32. The first kappa shape index (κ1) is 18.0. The van der Waals surface area contributed by atoms with Gasteiger partial charge in [-0.15, -0.1) is 0 Å². The van der Waals surface area contributed by atoms with E-state index in [0.717, 1.165) is 55.2 Å². The fourth-order valence-corrected chi connectivity index (χ4v) is 3.64. The summed E-state index contributed by atoms with van der Waals surface area (Å²) in [6, 6.07) is 10.3. The zero-order valence-electron chi connectivity index (χ0n) is 16.6. The molecule has 4 aromatic rings. The van der Waals surface area contributed by atoms with E-state index in [4.69, 9.17) is 4.52 Å². The van der Waals surface area contributed by atoms with E-state index in [2.05, 4.69) is 55.3 Å². The molecule has 3 aromatic heterocycles. The monoisotopic (exact) mass is 389 g/mol. The van der Waals surface area contributed by atoms with Crippen molar-refractivity contribution in [3.63, 3.8) is 0 Å². The van der Waals surface area contributed by atoms with Gasteiger partial charge in [0.2, 0.25) is 5.82 Å². The van der Waals surface area contributed by atoms with E-state index in [1.54, 1.807) is 10.7 Å². The summed E-state index contributed by atoms with van der Waals surface area (Å²) in [7, 11) is 2.17. The van der Waals surface area contributed by atoms with Crippen LogP contribution in [-0.2, 0) is 6.54 Å². The molecule has 1 aliphatic rings. The molecule has 0 spiro atoms. The van der Waals surface area contributed by atoms with Crippen LogP contribution < -0.4 is 0 Å². The number of aryl methyl sites for hydroxylation is 1. The van der Waals surface area contributed by atoms with Gasteiger partial charge < -0.3 is 9.42 Å². The molecule has 0 radical (unpaired) electrons. The maximum Gasteiger partial charge on any atom is 0.261 e. The maximum absolute atomic E-state index is 5.50. The van der Waals surface area contributed by atoms with E-state index in [-0.39, 0.29) is 0 Å². The Kier molecular flexibility index (Phi) is 4.57. The van der Waals surface area contributed by atoms with Crippen molar-refractivity contribution in [1.82, 2.24) is 34.5 Å². The predicted octanol–water partition coefficient (Wildman–Crippen LogP) is 2.50. The van der Waals surface area contributed by atoms with Gasteiger partial charge in [-0.1, -0.05) is 23.4 Å². The first-order valence-corrected chi connectivity index (χ1v) is 9.80. The zero-order chi connectivity index (χ0) is 19.8. The number of aromatic nitrogens is 5. The van der Waals surface area contributed by atoms with E-state index in [1.807, 2.05) is 25.3 Å². The molecule has 1 saturated heterocycles. The minimum absolute atomic E-state index is 0.437. The second-order valence-corrected chi connectivity index (χ2v) is 7.63. The quantitative estimate of drug-likeness (QED) is 0.531. The first-order chi connectivity index (χ1) is 14.1. The van der Waals surface area contributed by atoms with Crippen LogP contribution in [0.3, 0.4) is 0 Å². The molecule has 8 heteroatoms. The molecular formula is C21H23N7O. The van der Waals surface area contributed by atoms with Crippen molar-refractivity contribution in [1.29, 1.82) is 0 Å². The number of fused-ring (bicyclic) bond motifs is 1. The van der Waals surface area contributed by atoms with Gasteiger partial charge in [-0.05, 0) is 25.6 Å². The molecule has 1 aromatic carbocycles. The van der Waals surface area contributed by atoms with Crippen molar-refractivity contribution in [3.8, 4) is 22.8 Å². The van der Waals surface area contributed by atoms with Crippen molar-refractivity contribution in [2.75, 3.05) is 33.2 Å². The first-order valence-electron chi connectivity index (χ1n) is 9.80. The van der Waals surface area contributed by atoms with Crippen molar-refractivity contribution >= 4 is 5.65 Å². The third kappa shape index (κ3) is 3.76. The molecule has 0 N–H and O–H groups in total. The summed E-state index contributed by atoms with van der Waals surface area (Å²) in [5, 5.41) is 8.57. The lowest BCUT2D eigenvalue weighted by molar-refractivity contribution is 0.148. The summed E-state index contributed by atoms with van der Waals surface area (Å²) in [4.78, 5) is 13.8. The number of nitrogens with zero attached hydrogens (tertiary/aromatic N) is 7. The normalized spacial score (nSPS) is 15.9. The highest BCUT2D eigenvalue weighted by Gasteiger charge is 2.16. The SMILES string of the molecule is Cc1cc2ncc(-c3nc(-c4cccc(CN5CCN(C)CC5)c4)no3)cn2n1. The van der Waals surface area contributed by atoms with Crippen LogP contribution >= 0.6 is 0 Å². The van der Waals surface area contributed by atoms with E-state index in [0.29, 0.717) is 11.7 Å². The Morgan fingerprint density at radius 3 is 2.79 bits per heavy atom. The number of hydrogen-bond donors (Lipinski definition) is 0. The number of rotatable bonds is 4. The van der Waals surface area contributed by atoms with Crippen LogP contribution in [0.2, 0.25) is 0 Å². The van der Waals surface area contributed by atoms with Crippen LogP contribution in [0.5, 0.6) is 0 Å². The minimum atomic E-state index is 0.437. The average molecular weight is 389 g/mol. The molecule has 8 nitrogen and oxygen atoms in total. The van der Waals surface area contributed by atoms with E-state index in [1.165, 1.54) is 5.56 Å². The van der Waals surface area contributed by atoms with Gasteiger partial charge >= 0.3 is 0 Å². The van der Waals surface area contributed by atoms with Gasteiger partial charge in [0.15, 0.2) is 5.65 Å². The van der Waals surface area contributed by atoms with Gasteiger partial charge in [-0.25, -0.2) is 9.50 Å². The van der Waals surface area contributed by atoms with E-state index in [9.17, 15) is 0 Å². The smallest absolute Gasteiger partial charge is 0.261 e. The Balaban J connectivity index is 1.37. The minimum Gasteiger partial charge on any atom is -0.333 e. The van der Waals surface area contributed by atoms with Crippen LogP contribution in [-0.4, -0.2) is 67.8 Å². The largest absolute Gasteiger partial charge is 0.333 e. The van der Waals surface area contributed by atoms with Crippen molar-refractivity contribution in [3.05, 3.63) is 54.0 Å². The van der Waals surface area contributed by atoms with Gasteiger partial charge in [-0.3, -0.25) is 4.90 Å². The third-order valence-corrected chi connectivity index (χ3v) is 5.30. The Bertz CT molecular complexity index is 1140. The van der Waals surface area contributed by atoms with Crippen LogP contribution in [0.4, 0.5) is 0 Å². The van der Waals surface area contributed by atoms with Gasteiger partial charge in [0.25, 0.3) is 5.89 Å². The molecule has 4 heterocycles. The zero-order valence-corrected chi connectivity index (χ0v) is 16.6. The van der Waals surface area contributed by atoms with Crippen molar-refractivity contribution in [2.24, 2.45) is 0 Å². The molecule has 29 heavy (non-hydrogen) atoms. The highest BCUT2D eigenvalue weighted by molar-refractivity contribution is 5.60. The van der Waals surface area contributed by atoms with Gasteiger partial charge in [0.05, 0.1) is 11.3 Å². The Morgan fingerprint density at radius 2 is 1.93 bits per heavy atom. The lowest BCUT2D eigenvalue weighted by Crippen LogP contribution is -2.43. The molecule has 1 aliphatic heterocycles. The van der Waals surface area contributed by atoms with Crippen molar-refractivity contribution in [2.45, 2.75) is 13.5 Å². The molecule has 5 rings (SSSR count). The Hall–Kier alpha value is -3.10. The summed E-state index contributed by atoms with van der Waals surface area (Å²) in [6.45, 7) is 7.29. The Morgan fingerprint density at radius 1 is 1.07 bits per heavy atom. The van der Waals surface area contributed by atoms with Crippen molar-refractivity contribution < 1.29 is 4.52 Å². The van der Waals surface area contributed by atoms with Crippen LogP contribution in [0.1, 0.15) is 11.3 Å². The summed E-state index contributed by atoms with van der Waals surface area (Å²) in [5.41, 5.74) is 4.66. The number of hydrogen-bond acceptors (Lipinski definition) is 7. The lowest BCUT2D eigenvalue weighted by atomic mass is 10.1. The van der Waals surface area contributed by atoms with Gasteiger partial charge in [-0.2, -0.15) is 10.1 Å². The van der Waals surface area contributed by atoms with Gasteiger partial charge in [0, 0.05) is 56.7 Å². The second-order valence-electron chi connectivity index (χ2n) is 7.63. The summed E-state index contributed by atoms with van der Waals surface area (Å²) in [6.07, 6.45) is 3.59. The average Bonchev–Trinajstić information content (AvgIpc) is 3.35. The Labute approximate surface area is 168 Å². The fraction of sp³-hybridized carbons (Fsp3) is 0.333. The standard InChI is InChI=1S/C21H23N7O/c1-15-10-19-22-12-18(14-28(19)24-15)21-23-20(25-29-21)17-5-3-4-16(11-17)13-27-8-6-26(2)7-9-27/h3-5,10-12,14H,6-9,13H2,1-2H3.